The molecule has 27 heavy (non-hydrogen) atoms. The van der Waals surface area contributed by atoms with Gasteiger partial charge < -0.3 is 19.4 Å². The summed E-state index contributed by atoms with van der Waals surface area (Å²) in [6, 6.07) is 2.86. The van der Waals surface area contributed by atoms with Gasteiger partial charge in [-0.2, -0.15) is 0 Å². The van der Waals surface area contributed by atoms with E-state index in [2.05, 4.69) is 20.8 Å². The molecule has 0 aromatic rings. The molecule has 1 aliphatic heterocycles. The van der Waals surface area contributed by atoms with Crippen LogP contribution in [0.5, 0.6) is 0 Å². The number of ether oxygens (including phenoxy) is 1. The highest BCUT2D eigenvalue weighted by Gasteiger charge is 2.41. The second kappa shape index (κ2) is 11.5. The Morgan fingerprint density at radius 3 is 2.52 bits per heavy atom. The molecule has 1 heterocycles. The highest BCUT2D eigenvalue weighted by molar-refractivity contribution is 14.1. The van der Waals surface area contributed by atoms with Gasteiger partial charge >= 0.3 is 5.97 Å². The first-order valence-electron chi connectivity index (χ1n) is 9.63. The number of hydrogen-bond donors (Lipinski definition) is 2. The second-order valence-corrected chi connectivity index (χ2v) is 12.6. The van der Waals surface area contributed by atoms with Crippen molar-refractivity contribution in [3.8, 4) is 0 Å². The molecule has 1 aliphatic rings. The predicted octanol–water partition coefficient (Wildman–Crippen LogP) is 4.26. The normalized spacial score (nSPS) is 22.8. The van der Waals surface area contributed by atoms with Gasteiger partial charge in [-0.1, -0.05) is 61.6 Å². The molecule has 0 fully saturated rings. The smallest absolute Gasteiger partial charge is 0.331 e. The fourth-order valence-electron chi connectivity index (χ4n) is 3.22. The number of carbonyl (C=O) groups excluding carboxylic acids is 1. The number of cyclic esters (lactones) is 1. The van der Waals surface area contributed by atoms with E-state index in [0.29, 0.717) is 6.42 Å². The molecule has 5 nitrogen and oxygen atoms in total. The van der Waals surface area contributed by atoms with Gasteiger partial charge in [-0.3, -0.25) is 0 Å². The number of aliphatic hydroxyl groups excluding tert-OH is 2. The van der Waals surface area contributed by atoms with Gasteiger partial charge in [0, 0.05) is 18.9 Å². The lowest BCUT2D eigenvalue weighted by Crippen LogP contribution is -2.51. The average molecular weight is 508 g/mol. The van der Waals surface area contributed by atoms with Crippen molar-refractivity contribution in [2.75, 3.05) is 0 Å². The van der Waals surface area contributed by atoms with Crippen LogP contribution in [0.4, 0.5) is 0 Å². The van der Waals surface area contributed by atoms with Crippen molar-refractivity contribution >= 4 is 36.9 Å². The monoisotopic (exact) mass is 508 g/mol. The summed E-state index contributed by atoms with van der Waals surface area (Å²) in [6.45, 7) is 8.27. The van der Waals surface area contributed by atoms with E-state index in [-0.39, 0.29) is 18.5 Å². The van der Waals surface area contributed by atoms with E-state index in [9.17, 15) is 15.0 Å². The quantitative estimate of drug-likeness (QED) is 0.189. The van der Waals surface area contributed by atoms with Crippen LogP contribution in [0.1, 0.15) is 40.5 Å². The highest BCUT2D eigenvalue weighted by Crippen LogP contribution is 2.33. The Labute approximate surface area is 177 Å². The number of rotatable bonds is 11. The number of esters is 1. The molecule has 0 aromatic carbocycles. The molecule has 0 spiro atoms. The fourth-order valence-corrected chi connectivity index (χ4v) is 6.77. The predicted molar refractivity (Wildman–Crippen MR) is 119 cm³/mol. The van der Waals surface area contributed by atoms with E-state index in [1.807, 2.05) is 35.6 Å². The molecule has 0 radical (unpaired) electrons. The van der Waals surface area contributed by atoms with Crippen LogP contribution in [0.3, 0.4) is 0 Å². The van der Waals surface area contributed by atoms with Crippen LogP contribution in [0.2, 0.25) is 18.1 Å². The molecule has 0 amide bonds. The SMILES string of the molecule is CC[Si](CC)(CC)O[C@](C)(/C=C/[C@H]1CC=CC(=O)O1)[C@H](O)C[C@H](O)/C=C/I. The minimum absolute atomic E-state index is 0.173. The van der Waals surface area contributed by atoms with Crippen molar-refractivity contribution in [3.05, 3.63) is 34.5 Å². The third kappa shape index (κ3) is 7.45. The van der Waals surface area contributed by atoms with Crippen molar-refractivity contribution < 1.29 is 24.2 Å². The summed E-state index contributed by atoms with van der Waals surface area (Å²) in [4.78, 5) is 11.5. The van der Waals surface area contributed by atoms with E-state index < -0.39 is 26.1 Å². The summed E-state index contributed by atoms with van der Waals surface area (Å²) >= 11 is 2.04. The fraction of sp³-hybridized carbons (Fsp3) is 0.650. The molecule has 2 N–H and O–H groups in total. The maximum atomic E-state index is 11.5. The molecular formula is C20H33IO5Si. The standard InChI is InChI=1S/C20H33IO5Si/c1-5-27(6-2,7-3)26-20(4,18(23)15-16(22)12-14-21)13-11-17-9-8-10-19(24)25-17/h8,10-14,16-18,22-23H,5-7,9,15H2,1-4H3/b13-11+,14-12+/t16-,17-,18-,20-/m1/s1. The summed E-state index contributed by atoms with van der Waals surface area (Å²) < 4.78 is 13.7. The summed E-state index contributed by atoms with van der Waals surface area (Å²) in [7, 11) is -2.02. The first-order valence-corrected chi connectivity index (χ1v) is 13.4. The van der Waals surface area contributed by atoms with E-state index in [1.54, 1.807) is 22.3 Å². The highest BCUT2D eigenvalue weighted by atomic mass is 127. The van der Waals surface area contributed by atoms with Gasteiger partial charge in [-0.25, -0.2) is 4.79 Å². The summed E-state index contributed by atoms with van der Waals surface area (Å²) in [6.07, 6.45) is 7.25. The molecule has 0 unspecified atom stereocenters. The molecule has 0 saturated carbocycles. The Morgan fingerprint density at radius 1 is 1.37 bits per heavy atom. The Kier molecular flexibility index (Phi) is 10.5. The molecule has 0 saturated heterocycles. The Morgan fingerprint density at radius 2 is 2.00 bits per heavy atom. The molecule has 0 bridgehead atoms. The van der Waals surface area contributed by atoms with Crippen LogP contribution in [0, 0.1) is 0 Å². The Hall–Kier alpha value is -0.483. The largest absolute Gasteiger partial charge is 0.455 e. The zero-order chi connectivity index (χ0) is 20.5. The van der Waals surface area contributed by atoms with Crippen molar-refractivity contribution in [2.45, 2.75) is 82.6 Å². The van der Waals surface area contributed by atoms with E-state index in [4.69, 9.17) is 9.16 Å². The topological polar surface area (TPSA) is 76.0 Å². The lowest BCUT2D eigenvalue weighted by atomic mass is 9.93. The van der Waals surface area contributed by atoms with E-state index >= 15 is 0 Å². The Balaban J connectivity index is 3.09. The third-order valence-electron chi connectivity index (χ3n) is 5.32. The maximum Gasteiger partial charge on any atom is 0.331 e. The van der Waals surface area contributed by atoms with Crippen LogP contribution in [0.25, 0.3) is 0 Å². The molecule has 154 valence electrons. The number of carbonyl (C=O) groups is 1. The second-order valence-electron chi connectivity index (χ2n) is 7.14. The molecule has 0 aliphatic carbocycles. The van der Waals surface area contributed by atoms with Crippen molar-refractivity contribution in [3.63, 3.8) is 0 Å². The lowest BCUT2D eigenvalue weighted by Gasteiger charge is -2.42. The van der Waals surface area contributed by atoms with Gasteiger partial charge in [0.2, 0.25) is 0 Å². The molecule has 1 rings (SSSR count). The third-order valence-corrected chi connectivity index (χ3v) is 10.5. The summed E-state index contributed by atoms with van der Waals surface area (Å²) in [5, 5.41) is 21.0. The summed E-state index contributed by atoms with van der Waals surface area (Å²) in [5.41, 5.74) is -0.956. The van der Waals surface area contributed by atoms with Gasteiger partial charge in [0.1, 0.15) is 6.10 Å². The first kappa shape index (κ1) is 24.6. The zero-order valence-electron chi connectivity index (χ0n) is 16.7. The van der Waals surface area contributed by atoms with Gasteiger partial charge in [0.15, 0.2) is 8.32 Å². The van der Waals surface area contributed by atoms with E-state index in [0.717, 1.165) is 18.1 Å². The summed E-state index contributed by atoms with van der Waals surface area (Å²) in [5.74, 6) is -0.360. The van der Waals surface area contributed by atoms with Crippen LogP contribution in [0.15, 0.2) is 34.5 Å². The zero-order valence-corrected chi connectivity index (χ0v) is 19.9. The van der Waals surface area contributed by atoms with Gasteiger partial charge in [0.05, 0.1) is 17.8 Å². The Bertz CT molecular complexity index is 550. The van der Waals surface area contributed by atoms with Crippen LogP contribution < -0.4 is 0 Å². The average Bonchev–Trinajstić information content (AvgIpc) is 2.65. The number of aliphatic hydroxyl groups is 2. The number of hydrogen-bond acceptors (Lipinski definition) is 5. The minimum atomic E-state index is -2.02. The molecule has 0 aromatic heterocycles. The van der Waals surface area contributed by atoms with Gasteiger partial charge in [0.25, 0.3) is 0 Å². The van der Waals surface area contributed by atoms with Crippen LogP contribution in [-0.4, -0.2) is 48.4 Å². The molecular weight excluding hydrogens is 475 g/mol. The van der Waals surface area contributed by atoms with Gasteiger partial charge in [-0.15, -0.1) is 0 Å². The van der Waals surface area contributed by atoms with Gasteiger partial charge in [-0.05, 0) is 35.2 Å². The lowest BCUT2D eigenvalue weighted by molar-refractivity contribution is -0.141. The van der Waals surface area contributed by atoms with Crippen molar-refractivity contribution in [2.24, 2.45) is 0 Å². The van der Waals surface area contributed by atoms with E-state index in [1.165, 1.54) is 6.08 Å². The first-order chi connectivity index (χ1) is 12.7. The minimum Gasteiger partial charge on any atom is -0.455 e. The number of halogens is 1. The molecule has 4 atom stereocenters. The van der Waals surface area contributed by atoms with Crippen molar-refractivity contribution in [1.82, 2.24) is 0 Å². The van der Waals surface area contributed by atoms with Crippen molar-refractivity contribution in [1.29, 1.82) is 0 Å². The van der Waals surface area contributed by atoms with Crippen LogP contribution in [-0.2, 0) is 14.0 Å². The van der Waals surface area contributed by atoms with Crippen LogP contribution >= 0.6 is 22.6 Å². The molecule has 7 heteroatoms. The maximum absolute atomic E-state index is 11.5.